The van der Waals surface area contributed by atoms with E-state index in [1.165, 1.54) is 12.8 Å². The van der Waals surface area contributed by atoms with E-state index in [2.05, 4.69) is 11.9 Å². The first kappa shape index (κ1) is 7.73. The molecule has 1 heterocycles. The van der Waals surface area contributed by atoms with E-state index in [4.69, 9.17) is 0 Å². The van der Waals surface area contributed by atoms with Gasteiger partial charge in [-0.05, 0) is 38.9 Å². The molecule has 1 rings (SSSR count). The Labute approximate surface area is 62.2 Å². The van der Waals surface area contributed by atoms with Crippen molar-refractivity contribution in [2.75, 3.05) is 20.1 Å². The van der Waals surface area contributed by atoms with Gasteiger partial charge in [-0.3, -0.25) is 4.79 Å². The Hall–Kier alpha value is -0.370. The van der Waals surface area contributed by atoms with Crippen LogP contribution in [0.15, 0.2) is 0 Å². The maximum atomic E-state index is 10.0. The zero-order valence-corrected chi connectivity index (χ0v) is 6.47. The summed E-state index contributed by atoms with van der Waals surface area (Å²) >= 11 is 0. The molecule has 1 fully saturated rings. The summed E-state index contributed by atoms with van der Waals surface area (Å²) in [5.74, 6) is 0.619. The molecule has 0 spiro atoms. The molecule has 10 heavy (non-hydrogen) atoms. The number of hydrogen-bond acceptors (Lipinski definition) is 2. The normalized spacial score (nSPS) is 22.9. The molecule has 57 valence electrons. The molecule has 0 N–H and O–H groups in total. The highest BCUT2D eigenvalue weighted by molar-refractivity contribution is 5.50. The van der Waals surface area contributed by atoms with E-state index < -0.39 is 0 Å². The van der Waals surface area contributed by atoms with Gasteiger partial charge >= 0.3 is 0 Å². The standard InChI is InChI=1S/C8H14NO/c1-9-5-2-8(3-6-9)4-7-10/h8H,2-6H2,1H3. The van der Waals surface area contributed by atoms with Gasteiger partial charge < -0.3 is 4.90 Å². The van der Waals surface area contributed by atoms with Crippen LogP contribution >= 0.6 is 0 Å². The van der Waals surface area contributed by atoms with Crippen LogP contribution in [0.1, 0.15) is 19.3 Å². The minimum atomic E-state index is 0.619. The molecule has 1 radical (unpaired) electrons. The Morgan fingerprint density at radius 1 is 1.50 bits per heavy atom. The van der Waals surface area contributed by atoms with Gasteiger partial charge in [-0.15, -0.1) is 0 Å². The Balaban J connectivity index is 2.19. The lowest BCUT2D eigenvalue weighted by molar-refractivity contribution is 0.222. The first-order chi connectivity index (χ1) is 4.83. The van der Waals surface area contributed by atoms with Gasteiger partial charge in [-0.1, -0.05) is 0 Å². The van der Waals surface area contributed by atoms with E-state index in [1.807, 2.05) is 6.29 Å². The molecular formula is C8H14NO. The number of rotatable bonds is 2. The number of piperidine rings is 1. The molecule has 1 saturated heterocycles. The molecule has 2 nitrogen and oxygen atoms in total. The average Bonchev–Trinajstić information content (AvgIpc) is 1.95. The third-order valence-corrected chi connectivity index (χ3v) is 2.21. The van der Waals surface area contributed by atoms with Gasteiger partial charge in [0, 0.05) is 6.42 Å². The molecular weight excluding hydrogens is 126 g/mol. The van der Waals surface area contributed by atoms with Crippen molar-refractivity contribution in [1.29, 1.82) is 0 Å². The third-order valence-electron chi connectivity index (χ3n) is 2.21. The molecule has 1 aliphatic rings. The summed E-state index contributed by atoms with van der Waals surface area (Å²) in [4.78, 5) is 12.3. The van der Waals surface area contributed by atoms with E-state index in [1.54, 1.807) is 0 Å². The lowest BCUT2D eigenvalue weighted by atomic mass is 9.95. The van der Waals surface area contributed by atoms with E-state index in [9.17, 15) is 4.79 Å². The summed E-state index contributed by atoms with van der Waals surface area (Å²) in [5, 5.41) is 0. The van der Waals surface area contributed by atoms with Gasteiger partial charge in [0.15, 0.2) is 6.29 Å². The van der Waals surface area contributed by atoms with Crippen molar-refractivity contribution >= 4 is 6.29 Å². The quantitative estimate of drug-likeness (QED) is 0.566. The fourth-order valence-electron chi connectivity index (χ4n) is 1.38. The second kappa shape index (κ2) is 3.71. The zero-order valence-electron chi connectivity index (χ0n) is 6.47. The van der Waals surface area contributed by atoms with E-state index in [-0.39, 0.29) is 0 Å². The predicted octanol–water partition coefficient (Wildman–Crippen LogP) is 0.828. The molecule has 2 heteroatoms. The zero-order chi connectivity index (χ0) is 7.40. The molecule has 0 aromatic rings. The largest absolute Gasteiger partial charge is 0.306 e. The Morgan fingerprint density at radius 3 is 2.60 bits per heavy atom. The topological polar surface area (TPSA) is 20.3 Å². The first-order valence-electron chi connectivity index (χ1n) is 3.86. The lowest BCUT2D eigenvalue weighted by Gasteiger charge is -2.27. The van der Waals surface area contributed by atoms with Crippen molar-refractivity contribution in [1.82, 2.24) is 4.90 Å². The van der Waals surface area contributed by atoms with Crippen molar-refractivity contribution in [3.05, 3.63) is 0 Å². The maximum absolute atomic E-state index is 10.0. The smallest absolute Gasteiger partial charge is 0.198 e. The van der Waals surface area contributed by atoms with Crippen LogP contribution in [-0.4, -0.2) is 31.3 Å². The molecule has 0 unspecified atom stereocenters. The van der Waals surface area contributed by atoms with Gasteiger partial charge in [0.1, 0.15) is 0 Å². The maximum Gasteiger partial charge on any atom is 0.198 e. The minimum Gasteiger partial charge on any atom is -0.306 e. The molecule has 0 bridgehead atoms. The summed E-state index contributed by atoms with van der Waals surface area (Å²) < 4.78 is 0. The molecule has 1 aliphatic heterocycles. The SMILES string of the molecule is CN1CCC(C[C]=O)CC1. The van der Waals surface area contributed by atoms with Gasteiger partial charge in [0.25, 0.3) is 0 Å². The summed E-state index contributed by atoms with van der Waals surface area (Å²) in [6, 6.07) is 0. The summed E-state index contributed by atoms with van der Waals surface area (Å²) in [6.45, 7) is 2.29. The fourth-order valence-corrected chi connectivity index (χ4v) is 1.38. The molecule has 0 aromatic carbocycles. The highest BCUT2D eigenvalue weighted by Crippen LogP contribution is 2.17. The van der Waals surface area contributed by atoms with Crippen LogP contribution in [0.25, 0.3) is 0 Å². The fraction of sp³-hybridized carbons (Fsp3) is 0.875. The van der Waals surface area contributed by atoms with Crippen LogP contribution in [-0.2, 0) is 4.79 Å². The van der Waals surface area contributed by atoms with Crippen LogP contribution in [0.5, 0.6) is 0 Å². The van der Waals surface area contributed by atoms with Crippen molar-refractivity contribution < 1.29 is 4.79 Å². The molecule has 0 amide bonds. The Kier molecular flexibility index (Phi) is 2.87. The van der Waals surface area contributed by atoms with Gasteiger partial charge in [0.05, 0.1) is 0 Å². The van der Waals surface area contributed by atoms with E-state index in [0.29, 0.717) is 12.3 Å². The molecule has 0 aliphatic carbocycles. The Morgan fingerprint density at radius 2 is 2.10 bits per heavy atom. The summed E-state index contributed by atoms with van der Waals surface area (Å²) in [7, 11) is 2.13. The molecule has 0 aromatic heterocycles. The summed E-state index contributed by atoms with van der Waals surface area (Å²) in [5.41, 5.74) is 0. The van der Waals surface area contributed by atoms with Crippen LogP contribution in [0, 0.1) is 5.92 Å². The van der Waals surface area contributed by atoms with Crippen LogP contribution in [0.3, 0.4) is 0 Å². The van der Waals surface area contributed by atoms with Crippen LogP contribution in [0.4, 0.5) is 0 Å². The molecule has 0 saturated carbocycles. The highest BCUT2D eigenvalue weighted by Gasteiger charge is 2.15. The van der Waals surface area contributed by atoms with Crippen molar-refractivity contribution in [3.63, 3.8) is 0 Å². The van der Waals surface area contributed by atoms with Crippen LogP contribution in [0.2, 0.25) is 0 Å². The lowest BCUT2D eigenvalue weighted by Crippen LogP contribution is -2.30. The average molecular weight is 140 g/mol. The monoisotopic (exact) mass is 140 g/mol. The van der Waals surface area contributed by atoms with Crippen molar-refractivity contribution in [2.45, 2.75) is 19.3 Å². The molecule has 0 atom stereocenters. The van der Waals surface area contributed by atoms with E-state index >= 15 is 0 Å². The number of likely N-dealkylation sites (tertiary alicyclic amines) is 1. The number of hydrogen-bond donors (Lipinski definition) is 0. The second-order valence-corrected chi connectivity index (χ2v) is 3.10. The predicted molar refractivity (Wildman–Crippen MR) is 40.5 cm³/mol. The highest BCUT2D eigenvalue weighted by atomic mass is 16.1. The Bertz CT molecular complexity index is 106. The third kappa shape index (κ3) is 2.10. The summed E-state index contributed by atoms with van der Waals surface area (Å²) in [6.07, 6.45) is 4.98. The van der Waals surface area contributed by atoms with Crippen molar-refractivity contribution in [3.8, 4) is 0 Å². The van der Waals surface area contributed by atoms with E-state index in [0.717, 1.165) is 13.1 Å². The van der Waals surface area contributed by atoms with Gasteiger partial charge in [0.2, 0.25) is 0 Å². The first-order valence-corrected chi connectivity index (χ1v) is 3.86. The number of nitrogens with zero attached hydrogens (tertiary/aromatic N) is 1. The van der Waals surface area contributed by atoms with Crippen LogP contribution < -0.4 is 0 Å². The van der Waals surface area contributed by atoms with Gasteiger partial charge in [-0.25, -0.2) is 0 Å². The minimum absolute atomic E-state index is 0.619. The second-order valence-electron chi connectivity index (χ2n) is 3.10. The van der Waals surface area contributed by atoms with Gasteiger partial charge in [-0.2, -0.15) is 0 Å². The van der Waals surface area contributed by atoms with Crippen molar-refractivity contribution in [2.24, 2.45) is 5.92 Å². The number of carbonyl (C=O) groups excluding carboxylic acids is 1.